The Labute approximate surface area is 121 Å². The number of carbonyl (C=O) groups excluding carboxylic acids is 1. The van der Waals surface area contributed by atoms with Gasteiger partial charge in [0.1, 0.15) is 0 Å². The number of piperazine rings is 1. The van der Waals surface area contributed by atoms with Crippen LogP contribution in [0.5, 0.6) is 0 Å². The Kier molecular flexibility index (Phi) is 6.26. The number of rotatable bonds is 5. The summed E-state index contributed by atoms with van der Waals surface area (Å²) in [6.07, 6.45) is 1.44. The highest BCUT2D eigenvalue weighted by Crippen LogP contribution is 2.13. The topological polar surface area (TPSA) is 72.9 Å². The summed E-state index contributed by atoms with van der Waals surface area (Å²) in [6.45, 7) is 7.62. The van der Waals surface area contributed by atoms with E-state index in [9.17, 15) is 9.59 Å². The second-order valence-corrected chi connectivity index (χ2v) is 5.90. The molecule has 3 unspecified atom stereocenters. The largest absolute Gasteiger partial charge is 0.481 e. The summed E-state index contributed by atoms with van der Waals surface area (Å²) in [7, 11) is 2.08. The number of nitrogens with zero attached hydrogens (tertiary/aromatic N) is 2. The van der Waals surface area contributed by atoms with Gasteiger partial charge in [0, 0.05) is 37.6 Å². The zero-order valence-electron chi connectivity index (χ0n) is 12.9. The van der Waals surface area contributed by atoms with Gasteiger partial charge in [0.05, 0.1) is 0 Å². The van der Waals surface area contributed by atoms with Crippen molar-refractivity contribution in [2.45, 2.75) is 58.2 Å². The van der Waals surface area contributed by atoms with Crippen molar-refractivity contribution >= 4 is 12.0 Å². The van der Waals surface area contributed by atoms with Crippen LogP contribution >= 0.6 is 0 Å². The van der Waals surface area contributed by atoms with Gasteiger partial charge in [0.15, 0.2) is 0 Å². The van der Waals surface area contributed by atoms with E-state index in [1.165, 1.54) is 0 Å². The lowest BCUT2D eigenvalue weighted by Crippen LogP contribution is -2.59. The Morgan fingerprint density at radius 1 is 1.30 bits per heavy atom. The molecule has 0 bridgehead atoms. The van der Waals surface area contributed by atoms with E-state index in [0.717, 1.165) is 13.1 Å². The van der Waals surface area contributed by atoms with E-state index in [1.807, 2.05) is 11.8 Å². The van der Waals surface area contributed by atoms with Gasteiger partial charge < -0.3 is 15.3 Å². The SMILES string of the molecule is CC(CCCC(=O)O)NC(=O)N1CC(C)N(C)C(C)C1. The second kappa shape index (κ2) is 7.47. The molecule has 116 valence electrons. The van der Waals surface area contributed by atoms with E-state index in [0.29, 0.717) is 24.9 Å². The average Bonchev–Trinajstić information content (AvgIpc) is 2.34. The summed E-state index contributed by atoms with van der Waals surface area (Å²) in [4.78, 5) is 26.8. The van der Waals surface area contributed by atoms with Crippen molar-refractivity contribution in [3.8, 4) is 0 Å². The van der Waals surface area contributed by atoms with Crippen LogP contribution in [0.1, 0.15) is 40.0 Å². The van der Waals surface area contributed by atoms with Gasteiger partial charge in [-0.2, -0.15) is 0 Å². The van der Waals surface area contributed by atoms with Gasteiger partial charge in [-0.3, -0.25) is 9.69 Å². The Morgan fingerprint density at radius 2 is 1.85 bits per heavy atom. The third-order valence-electron chi connectivity index (χ3n) is 4.04. The van der Waals surface area contributed by atoms with Gasteiger partial charge in [-0.15, -0.1) is 0 Å². The van der Waals surface area contributed by atoms with Gasteiger partial charge in [-0.05, 0) is 40.7 Å². The van der Waals surface area contributed by atoms with Crippen LogP contribution in [0.2, 0.25) is 0 Å². The number of likely N-dealkylation sites (N-methyl/N-ethyl adjacent to an activating group) is 1. The van der Waals surface area contributed by atoms with Crippen molar-refractivity contribution in [1.82, 2.24) is 15.1 Å². The summed E-state index contributed by atoms with van der Waals surface area (Å²) in [5.74, 6) is -0.787. The lowest BCUT2D eigenvalue weighted by Gasteiger charge is -2.42. The Morgan fingerprint density at radius 3 is 2.35 bits per heavy atom. The minimum atomic E-state index is -0.787. The molecule has 1 heterocycles. The zero-order valence-corrected chi connectivity index (χ0v) is 12.9. The number of urea groups is 1. The monoisotopic (exact) mass is 285 g/mol. The molecular formula is C14H27N3O3. The quantitative estimate of drug-likeness (QED) is 0.800. The highest BCUT2D eigenvalue weighted by molar-refractivity contribution is 5.74. The zero-order chi connectivity index (χ0) is 15.3. The van der Waals surface area contributed by atoms with Gasteiger partial charge in [-0.1, -0.05) is 0 Å². The maximum atomic E-state index is 12.2. The standard InChI is InChI=1S/C14H27N3O3/c1-10(6-5-7-13(18)19)15-14(20)17-8-11(2)16(4)12(3)9-17/h10-12H,5-9H2,1-4H3,(H,15,20)(H,18,19). The molecule has 0 aliphatic carbocycles. The number of nitrogens with one attached hydrogen (secondary N) is 1. The smallest absolute Gasteiger partial charge is 0.317 e. The summed E-state index contributed by atoms with van der Waals surface area (Å²) in [5.41, 5.74) is 0. The van der Waals surface area contributed by atoms with E-state index in [1.54, 1.807) is 0 Å². The molecule has 1 aliphatic rings. The lowest BCUT2D eigenvalue weighted by atomic mass is 10.1. The predicted molar refractivity (Wildman–Crippen MR) is 77.7 cm³/mol. The van der Waals surface area contributed by atoms with Crippen LogP contribution in [0.15, 0.2) is 0 Å². The van der Waals surface area contributed by atoms with Crippen molar-refractivity contribution in [2.75, 3.05) is 20.1 Å². The van der Waals surface area contributed by atoms with Gasteiger partial charge in [-0.25, -0.2) is 4.79 Å². The summed E-state index contributed by atoms with van der Waals surface area (Å²) in [6, 6.07) is 0.672. The Hall–Kier alpha value is -1.30. The lowest BCUT2D eigenvalue weighted by molar-refractivity contribution is -0.137. The molecule has 0 spiro atoms. The number of carbonyl (C=O) groups is 2. The Bertz CT molecular complexity index is 337. The number of carboxylic acid groups (broad SMARTS) is 1. The molecule has 20 heavy (non-hydrogen) atoms. The molecule has 1 aliphatic heterocycles. The van der Waals surface area contributed by atoms with Gasteiger partial charge >= 0.3 is 12.0 Å². The third kappa shape index (κ3) is 5.00. The van der Waals surface area contributed by atoms with Crippen LogP contribution in [-0.4, -0.2) is 65.2 Å². The summed E-state index contributed by atoms with van der Waals surface area (Å²) < 4.78 is 0. The maximum Gasteiger partial charge on any atom is 0.317 e. The first kappa shape index (κ1) is 16.8. The molecule has 1 saturated heterocycles. The molecule has 3 atom stereocenters. The molecule has 6 nitrogen and oxygen atoms in total. The normalized spacial score (nSPS) is 25.3. The summed E-state index contributed by atoms with van der Waals surface area (Å²) in [5, 5.41) is 11.5. The molecule has 1 fully saturated rings. The maximum absolute atomic E-state index is 12.2. The van der Waals surface area contributed by atoms with Crippen LogP contribution < -0.4 is 5.32 Å². The van der Waals surface area contributed by atoms with Crippen LogP contribution in [0.4, 0.5) is 4.79 Å². The molecule has 0 saturated carbocycles. The number of carboxylic acids is 1. The molecule has 0 radical (unpaired) electrons. The summed E-state index contributed by atoms with van der Waals surface area (Å²) >= 11 is 0. The van der Waals surface area contributed by atoms with Crippen molar-refractivity contribution < 1.29 is 14.7 Å². The molecule has 1 rings (SSSR count). The van der Waals surface area contributed by atoms with Crippen molar-refractivity contribution in [3.05, 3.63) is 0 Å². The van der Waals surface area contributed by atoms with Crippen LogP contribution in [-0.2, 0) is 4.79 Å². The molecule has 2 amide bonds. The number of aliphatic carboxylic acids is 1. The fourth-order valence-corrected chi connectivity index (χ4v) is 2.50. The van der Waals surface area contributed by atoms with Gasteiger partial charge in [0.2, 0.25) is 0 Å². The van der Waals surface area contributed by atoms with Crippen molar-refractivity contribution in [3.63, 3.8) is 0 Å². The Balaban J connectivity index is 2.36. The first-order valence-corrected chi connectivity index (χ1v) is 7.30. The van der Waals surface area contributed by atoms with E-state index < -0.39 is 5.97 Å². The third-order valence-corrected chi connectivity index (χ3v) is 4.04. The number of hydrogen-bond donors (Lipinski definition) is 2. The second-order valence-electron chi connectivity index (χ2n) is 5.90. The molecular weight excluding hydrogens is 258 g/mol. The highest BCUT2D eigenvalue weighted by atomic mass is 16.4. The van der Waals surface area contributed by atoms with E-state index >= 15 is 0 Å². The molecule has 0 aromatic rings. The minimum Gasteiger partial charge on any atom is -0.481 e. The highest BCUT2D eigenvalue weighted by Gasteiger charge is 2.29. The minimum absolute atomic E-state index is 0.00659. The molecule has 6 heteroatoms. The van der Waals surface area contributed by atoms with E-state index in [4.69, 9.17) is 5.11 Å². The van der Waals surface area contributed by atoms with Crippen LogP contribution in [0.25, 0.3) is 0 Å². The van der Waals surface area contributed by atoms with Crippen LogP contribution in [0, 0.1) is 0 Å². The van der Waals surface area contributed by atoms with E-state index in [-0.39, 0.29) is 18.5 Å². The molecule has 0 aromatic heterocycles. The first-order chi connectivity index (χ1) is 9.31. The van der Waals surface area contributed by atoms with Crippen molar-refractivity contribution in [1.29, 1.82) is 0 Å². The number of amides is 2. The average molecular weight is 285 g/mol. The predicted octanol–water partition coefficient (Wildman–Crippen LogP) is 1.36. The number of hydrogen-bond acceptors (Lipinski definition) is 3. The van der Waals surface area contributed by atoms with Crippen LogP contribution in [0.3, 0.4) is 0 Å². The molecule has 0 aromatic carbocycles. The fourth-order valence-electron chi connectivity index (χ4n) is 2.50. The molecule has 2 N–H and O–H groups in total. The van der Waals surface area contributed by atoms with E-state index in [2.05, 4.69) is 31.1 Å². The first-order valence-electron chi connectivity index (χ1n) is 7.30. The van der Waals surface area contributed by atoms with Crippen molar-refractivity contribution in [2.24, 2.45) is 0 Å². The fraction of sp³-hybridized carbons (Fsp3) is 0.857. The van der Waals surface area contributed by atoms with Gasteiger partial charge in [0.25, 0.3) is 0 Å².